The number of hydrogen-bond acceptors (Lipinski definition) is 2. The van der Waals surface area contributed by atoms with Crippen molar-refractivity contribution in [2.24, 2.45) is 10.4 Å². The molecule has 0 aromatic carbocycles. The third kappa shape index (κ3) is 5.25. The number of hydrogen-bond donors (Lipinski definition) is 1. The Morgan fingerprint density at radius 1 is 1.18 bits per heavy atom. The van der Waals surface area contributed by atoms with E-state index in [4.69, 9.17) is 4.99 Å². The zero-order valence-electron chi connectivity index (χ0n) is 14.7. The molecule has 2 fully saturated rings. The Kier molecular flexibility index (Phi) is 9.05. The fourth-order valence-electron chi connectivity index (χ4n) is 3.65. The Labute approximate surface area is 154 Å². The van der Waals surface area contributed by atoms with Crippen molar-refractivity contribution >= 4 is 29.9 Å². The minimum absolute atomic E-state index is 0. The molecule has 0 radical (unpaired) electrons. The van der Waals surface area contributed by atoms with Gasteiger partial charge in [0.1, 0.15) is 0 Å². The van der Waals surface area contributed by atoms with E-state index < -0.39 is 0 Å². The van der Waals surface area contributed by atoms with Crippen LogP contribution in [0.5, 0.6) is 0 Å². The number of aliphatic imine (C=N–C) groups is 1. The standard InChI is InChI=1S/C17H34N4.HI/c1-4-18-16(19-12-8-13-20(5-2)6-3)21-14-11-17(15-21)9-7-10-17;/h4-15H2,1-3H3,(H,18,19);1H. The predicted octanol–water partition coefficient (Wildman–Crippen LogP) is 3.18. The van der Waals surface area contributed by atoms with Gasteiger partial charge < -0.3 is 15.1 Å². The lowest BCUT2D eigenvalue weighted by atomic mass is 9.68. The molecular formula is C17H35IN4. The molecule has 1 spiro atoms. The summed E-state index contributed by atoms with van der Waals surface area (Å²) in [4.78, 5) is 9.84. The smallest absolute Gasteiger partial charge is 0.193 e. The molecule has 22 heavy (non-hydrogen) atoms. The first-order valence-electron chi connectivity index (χ1n) is 8.98. The van der Waals surface area contributed by atoms with E-state index in [0.717, 1.165) is 38.6 Å². The number of likely N-dealkylation sites (tertiary alicyclic amines) is 1. The summed E-state index contributed by atoms with van der Waals surface area (Å²) >= 11 is 0. The molecular weight excluding hydrogens is 387 g/mol. The van der Waals surface area contributed by atoms with Crippen molar-refractivity contribution in [3.63, 3.8) is 0 Å². The third-order valence-electron chi connectivity index (χ3n) is 5.28. The summed E-state index contributed by atoms with van der Waals surface area (Å²) in [6.45, 7) is 14.4. The van der Waals surface area contributed by atoms with E-state index in [1.54, 1.807) is 0 Å². The highest BCUT2D eigenvalue weighted by Crippen LogP contribution is 2.47. The van der Waals surface area contributed by atoms with E-state index in [1.807, 2.05) is 0 Å². The molecule has 0 unspecified atom stereocenters. The van der Waals surface area contributed by atoms with Crippen LogP contribution in [0.1, 0.15) is 52.9 Å². The fraction of sp³-hybridized carbons (Fsp3) is 0.941. The van der Waals surface area contributed by atoms with Crippen LogP contribution in [-0.2, 0) is 0 Å². The van der Waals surface area contributed by atoms with Crippen LogP contribution >= 0.6 is 24.0 Å². The lowest BCUT2D eigenvalue weighted by molar-refractivity contribution is 0.151. The third-order valence-corrected chi connectivity index (χ3v) is 5.28. The normalized spacial score (nSPS) is 20.2. The average Bonchev–Trinajstić information content (AvgIpc) is 2.92. The molecule has 0 bridgehead atoms. The van der Waals surface area contributed by atoms with Gasteiger partial charge in [-0.05, 0) is 57.7 Å². The molecule has 1 N–H and O–H groups in total. The second-order valence-corrected chi connectivity index (χ2v) is 6.64. The number of nitrogens with zero attached hydrogens (tertiary/aromatic N) is 3. The van der Waals surface area contributed by atoms with Crippen molar-refractivity contribution in [3.8, 4) is 0 Å². The molecule has 1 aliphatic heterocycles. The van der Waals surface area contributed by atoms with Crippen LogP contribution in [0.25, 0.3) is 0 Å². The topological polar surface area (TPSA) is 30.9 Å². The summed E-state index contributed by atoms with van der Waals surface area (Å²) in [6, 6.07) is 0. The van der Waals surface area contributed by atoms with Gasteiger partial charge in [0, 0.05) is 26.2 Å². The zero-order valence-corrected chi connectivity index (χ0v) is 17.1. The fourth-order valence-corrected chi connectivity index (χ4v) is 3.65. The number of nitrogens with one attached hydrogen (secondary N) is 1. The molecule has 0 aromatic rings. The van der Waals surface area contributed by atoms with E-state index in [2.05, 4.69) is 35.9 Å². The maximum Gasteiger partial charge on any atom is 0.193 e. The first-order valence-corrected chi connectivity index (χ1v) is 8.98. The van der Waals surface area contributed by atoms with Crippen molar-refractivity contribution < 1.29 is 0 Å². The van der Waals surface area contributed by atoms with Gasteiger partial charge in [0.25, 0.3) is 0 Å². The van der Waals surface area contributed by atoms with Crippen molar-refractivity contribution in [1.82, 2.24) is 15.1 Å². The molecule has 4 nitrogen and oxygen atoms in total. The quantitative estimate of drug-likeness (QED) is 0.296. The Morgan fingerprint density at radius 2 is 1.91 bits per heavy atom. The zero-order chi connectivity index (χ0) is 15.1. The lowest BCUT2D eigenvalue weighted by Crippen LogP contribution is -2.42. The van der Waals surface area contributed by atoms with Gasteiger partial charge in [0.15, 0.2) is 5.96 Å². The molecule has 1 saturated carbocycles. The largest absolute Gasteiger partial charge is 0.357 e. The highest BCUT2D eigenvalue weighted by atomic mass is 127. The maximum atomic E-state index is 4.86. The maximum absolute atomic E-state index is 4.86. The Morgan fingerprint density at radius 3 is 2.41 bits per heavy atom. The van der Waals surface area contributed by atoms with Crippen molar-refractivity contribution in [1.29, 1.82) is 0 Å². The van der Waals surface area contributed by atoms with Gasteiger partial charge in [0.05, 0.1) is 0 Å². The van der Waals surface area contributed by atoms with Crippen LogP contribution in [0.3, 0.4) is 0 Å². The van der Waals surface area contributed by atoms with Gasteiger partial charge in [-0.3, -0.25) is 4.99 Å². The molecule has 2 rings (SSSR count). The predicted molar refractivity (Wildman–Crippen MR) is 106 cm³/mol. The number of rotatable bonds is 7. The molecule has 0 atom stereocenters. The first kappa shape index (κ1) is 20.0. The Hall–Kier alpha value is -0.0400. The Balaban J connectivity index is 0.00000242. The number of guanidine groups is 1. The van der Waals surface area contributed by atoms with Crippen LogP contribution in [0.4, 0.5) is 0 Å². The van der Waals surface area contributed by atoms with Crippen LogP contribution in [-0.4, -0.2) is 61.6 Å². The highest BCUT2D eigenvalue weighted by Gasteiger charge is 2.43. The van der Waals surface area contributed by atoms with E-state index in [1.165, 1.54) is 45.3 Å². The van der Waals surface area contributed by atoms with Gasteiger partial charge >= 0.3 is 0 Å². The second-order valence-electron chi connectivity index (χ2n) is 6.64. The molecule has 1 aliphatic carbocycles. The van der Waals surface area contributed by atoms with E-state index in [9.17, 15) is 0 Å². The molecule has 2 aliphatic rings. The van der Waals surface area contributed by atoms with Crippen LogP contribution in [0.15, 0.2) is 4.99 Å². The minimum Gasteiger partial charge on any atom is -0.357 e. The van der Waals surface area contributed by atoms with Crippen molar-refractivity contribution in [2.75, 3.05) is 45.8 Å². The highest BCUT2D eigenvalue weighted by molar-refractivity contribution is 14.0. The summed E-state index contributed by atoms with van der Waals surface area (Å²) in [5.41, 5.74) is 0.650. The van der Waals surface area contributed by atoms with Gasteiger partial charge in [-0.1, -0.05) is 20.3 Å². The molecule has 130 valence electrons. The second kappa shape index (κ2) is 9.96. The Bertz CT molecular complexity index is 338. The van der Waals surface area contributed by atoms with Gasteiger partial charge in [-0.25, -0.2) is 0 Å². The summed E-state index contributed by atoms with van der Waals surface area (Å²) in [6.07, 6.45) is 6.84. The first-order chi connectivity index (χ1) is 10.2. The van der Waals surface area contributed by atoms with Crippen molar-refractivity contribution in [2.45, 2.75) is 52.9 Å². The van der Waals surface area contributed by atoms with Crippen LogP contribution in [0, 0.1) is 5.41 Å². The summed E-state index contributed by atoms with van der Waals surface area (Å²) in [7, 11) is 0. The van der Waals surface area contributed by atoms with E-state index in [0.29, 0.717) is 5.41 Å². The summed E-state index contributed by atoms with van der Waals surface area (Å²) < 4.78 is 0. The monoisotopic (exact) mass is 422 g/mol. The molecule has 0 aromatic heterocycles. The van der Waals surface area contributed by atoms with E-state index >= 15 is 0 Å². The molecule has 5 heteroatoms. The van der Waals surface area contributed by atoms with Gasteiger partial charge in [-0.2, -0.15) is 0 Å². The van der Waals surface area contributed by atoms with E-state index in [-0.39, 0.29) is 24.0 Å². The SMILES string of the molecule is CCNC(=NCCCN(CC)CC)N1CCC2(CCC2)C1.I. The molecule has 1 heterocycles. The molecule has 0 amide bonds. The van der Waals surface area contributed by atoms with Crippen LogP contribution in [0.2, 0.25) is 0 Å². The average molecular weight is 422 g/mol. The minimum atomic E-state index is 0. The van der Waals surface area contributed by atoms with Crippen LogP contribution < -0.4 is 5.32 Å². The summed E-state index contributed by atoms with van der Waals surface area (Å²) in [5, 5.41) is 3.49. The summed E-state index contributed by atoms with van der Waals surface area (Å²) in [5.74, 6) is 1.15. The number of halogens is 1. The van der Waals surface area contributed by atoms with Crippen molar-refractivity contribution in [3.05, 3.63) is 0 Å². The lowest BCUT2D eigenvalue weighted by Gasteiger charge is -2.38. The molecule has 1 saturated heterocycles. The van der Waals surface area contributed by atoms with Gasteiger partial charge in [0.2, 0.25) is 0 Å². The van der Waals surface area contributed by atoms with Gasteiger partial charge in [-0.15, -0.1) is 24.0 Å².